The van der Waals surface area contributed by atoms with Crippen LogP contribution in [0.1, 0.15) is 12.1 Å². The smallest absolute Gasteiger partial charge is 0.315 e. The fraction of sp³-hybridized carbons (Fsp3) is 0.667. The molecule has 2 heterocycles. The predicted molar refractivity (Wildman–Crippen MR) is 76.9 cm³/mol. The van der Waals surface area contributed by atoms with Crippen LogP contribution < -0.4 is 16.6 Å². The number of likely N-dealkylation sites (N-methyl/N-ethyl adjacent to an activating group) is 1. The minimum atomic E-state index is -0.268. The summed E-state index contributed by atoms with van der Waals surface area (Å²) >= 11 is 0. The van der Waals surface area contributed by atoms with E-state index in [0.717, 1.165) is 29.8 Å². The SMILES string of the molecule is CN(Cc1cc(=O)n(C)c(=O)n1C)C1CCNC1.Cl. The van der Waals surface area contributed by atoms with E-state index in [1.54, 1.807) is 17.7 Å². The van der Waals surface area contributed by atoms with Gasteiger partial charge in [0, 0.05) is 45.0 Å². The van der Waals surface area contributed by atoms with Gasteiger partial charge in [0.25, 0.3) is 5.56 Å². The summed E-state index contributed by atoms with van der Waals surface area (Å²) in [5.41, 5.74) is 0.249. The first-order valence-corrected chi connectivity index (χ1v) is 6.17. The highest BCUT2D eigenvalue weighted by atomic mass is 35.5. The molecule has 6 nitrogen and oxygen atoms in total. The number of nitrogens with one attached hydrogen (secondary N) is 1. The van der Waals surface area contributed by atoms with Gasteiger partial charge in [-0.3, -0.25) is 18.8 Å². The van der Waals surface area contributed by atoms with Gasteiger partial charge in [0.15, 0.2) is 0 Å². The van der Waals surface area contributed by atoms with Crippen molar-refractivity contribution in [3.05, 3.63) is 32.6 Å². The molecule has 1 aliphatic rings. The van der Waals surface area contributed by atoms with Crippen LogP contribution in [0.2, 0.25) is 0 Å². The number of aromatic nitrogens is 2. The molecule has 1 aromatic rings. The van der Waals surface area contributed by atoms with Gasteiger partial charge in [-0.2, -0.15) is 0 Å². The Bertz CT molecular complexity index is 546. The highest BCUT2D eigenvalue weighted by molar-refractivity contribution is 5.85. The quantitative estimate of drug-likeness (QED) is 0.799. The van der Waals surface area contributed by atoms with Gasteiger partial charge < -0.3 is 5.32 Å². The third-order valence-electron chi connectivity index (χ3n) is 3.69. The van der Waals surface area contributed by atoms with Gasteiger partial charge in [0.2, 0.25) is 0 Å². The highest BCUT2D eigenvalue weighted by Crippen LogP contribution is 2.09. The van der Waals surface area contributed by atoms with Crippen molar-refractivity contribution in [1.82, 2.24) is 19.4 Å². The molecule has 1 aromatic heterocycles. The first-order chi connectivity index (χ1) is 8.50. The van der Waals surface area contributed by atoms with Crippen molar-refractivity contribution in [2.75, 3.05) is 20.1 Å². The van der Waals surface area contributed by atoms with Crippen molar-refractivity contribution in [3.8, 4) is 0 Å². The largest absolute Gasteiger partial charge is 0.330 e. The molecule has 1 atom stereocenters. The summed E-state index contributed by atoms with van der Waals surface area (Å²) in [6.07, 6.45) is 1.11. The molecule has 1 aliphatic heterocycles. The molecule has 0 aliphatic carbocycles. The van der Waals surface area contributed by atoms with Gasteiger partial charge in [0.1, 0.15) is 0 Å². The lowest BCUT2D eigenvalue weighted by molar-refractivity contribution is 0.242. The van der Waals surface area contributed by atoms with E-state index in [1.807, 2.05) is 7.05 Å². The Morgan fingerprint density at radius 2 is 2.05 bits per heavy atom. The normalized spacial score (nSPS) is 18.6. The van der Waals surface area contributed by atoms with E-state index < -0.39 is 0 Å². The summed E-state index contributed by atoms with van der Waals surface area (Å²) in [4.78, 5) is 25.6. The first-order valence-electron chi connectivity index (χ1n) is 6.17. The van der Waals surface area contributed by atoms with E-state index in [2.05, 4.69) is 10.2 Å². The molecule has 108 valence electrons. The van der Waals surface area contributed by atoms with Crippen molar-refractivity contribution in [3.63, 3.8) is 0 Å². The van der Waals surface area contributed by atoms with Crippen LogP contribution in [0.25, 0.3) is 0 Å². The Balaban J connectivity index is 0.00000180. The van der Waals surface area contributed by atoms with Crippen molar-refractivity contribution in [2.45, 2.75) is 19.0 Å². The Hall–Kier alpha value is -1.11. The van der Waals surface area contributed by atoms with Crippen molar-refractivity contribution in [1.29, 1.82) is 0 Å². The Labute approximate surface area is 118 Å². The van der Waals surface area contributed by atoms with E-state index in [-0.39, 0.29) is 23.7 Å². The monoisotopic (exact) mass is 288 g/mol. The van der Waals surface area contributed by atoms with Crippen molar-refractivity contribution < 1.29 is 0 Å². The number of halogens is 1. The van der Waals surface area contributed by atoms with E-state index in [4.69, 9.17) is 0 Å². The maximum absolute atomic E-state index is 11.8. The second-order valence-corrected chi connectivity index (χ2v) is 4.94. The molecule has 19 heavy (non-hydrogen) atoms. The minimum Gasteiger partial charge on any atom is -0.315 e. The maximum atomic E-state index is 11.8. The van der Waals surface area contributed by atoms with E-state index in [1.165, 1.54) is 7.05 Å². The zero-order chi connectivity index (χ0) is 13.3. The van der Waals surface area contributed by atoms with Crippen molar-refractivity contribution >= 4 is 12.4 Å². The van der Waals surface area contributed by atoms with Gasteiger partial charge in [0.05, 0.1) is 0 Å². The first kappa shape index (κ1) is 15.9. The summed E-state index contributed by atoms with van der Waals surface area (Å²) in [6, 6.07) is 2.02. The average molecular weight is 289 g/mol. The Kier molecular flexibility index (Phi) is 5.34. The van der Waals surface area contributed by atoms with E-state index in [9.17, 15) is 9.59 Å². The van der Waals surface area contributed by atoms with Crippen LogP contribution in [0.3, 0.4) is 0 Å². The molecule has 1 saturated heterocycles. The summed E-state index contributed by atoms with van der Waals surface area (Å²) in [7, 11) is 5.23. The lowest BCUT2D eigenvalue weighted by Gasteiger charge is -2.24. The van der Waals surface area contributed by atoms with E-state index in [0.29, 0.717) is 12.6 Å². The Morgan fingerprint density at radius 3 is 2.63 bits per heavy atom. The van der Waals surface area contributed by atoms with Gasteiger partial charge in [-0.25, -0.2) is 4.79 Å². The maximum Gasteiger partial charge on any atom is 0.330 e. The van der Waals surface area contributed by atoms with Crippen molar-refractivity contribution in [2.24, 2.45) is 14.1 Å². The zero-order valence-electron chi connectivity index (χ0n) is 11.5. The minimum absolute atomic E-state index is 0. The summed E-state index contributed by atoms with van der Waals surface area (Å²) in [5, 5.41) is 3.31. The lowest BCUT2D eigenvalue weighted by atomic mass is 10.2. The molecule has 7 heteroatoms. The Morgan fingerprint density at radius 1 is 1.37 bits per heavy atom. The average Bonchev–Trinajstić information content (AvgIpc) is 2.87. The summed E-state index contributed by atoms with van der Waals surface area (Å²) in [6.45, 7) is 2.62. The molecule has 0 aromatic carbocycles. The topological polar surface area (TPSA) is 59.3 Å². The molecule has 0 amide bonds. The molecule has 0 spiro atoms. The second kappa shape index (κ2) is 6.36. The molecule has 2 rings (SSSR count). The lowest BCUT2D eigenvalue weighted by Crippen LogP contribution is -2.40. The van der Waals surface area contributed by atoms with Gasteiger partial charge in [-0.15, -0.1) is 12.4 Å². The van der Waals surface area contributed by atoms with E-state index >= 15 is 0 Å². The van der Waals surface area contributed by atoms with Crippen LogP contribution >= 0.6 is 12.4 Å². The fourth-order valence-corrected chi connectivity index (χ4v) is 2.33. The second-order valence-electron chi connectivity index (χ2n) is 4.94. The molecule has 1 unspecified atom stereocenters. The zero-order valence-corrected chi connectivity index (χ0v) is 12.4. The van der Waals surface area contributed by atoms with Crippen LogP contribution in [-0.4, -0.2) is 40.2 Å². The molecule has 0 radical (unpaired) electrons. The van der Waals surface area contributed by atoms with Gasteiger partial charge in [-0.05, 0) is 20.0 Å². The van der Waals surface area contributed by atoms with Crippen LogP contribution in [-0.2, 0) is 20.6 Å². The van der Waals surface area contributed by atoms with Crippen LogP contribution in [0.15, 0.2) is 15.7 Å². The fourth-order valence-electron chi connectivity index (χ4n) is 2.33. The molecular formula is C12H21ClN4O2. The highest BCUT2D eigenvalue weighted by Gasteiger charge is 2.20. The summed E-state index contributed by atoms with van der Waals surface area (Å²) in [5.74, 6) is 0. The third kappa shape index (κ3) is 3.26. The van der Waals surface area contributed by atoms with Crippen LogP contribution in [0, 0.1) is 0 Å². The van der Waals surface area contributed by atoms with Gasteiger partial charge >= 0.3 is 5.69 Å². The summed E-state index contributed by atoms with van der Waals surface area (Å²) < 4.78 is 2.67. The number of nitrogens with zero attached hydrogens (tertiary/aromatic N) is 3. The third-order valence-corrected chi connectivity index (χ3v) is 3.69. The van der Waals surface area contributed by atoms with Crippen LogP contribution in [0.4, 0.5) is 0 Å². The predicted octanol–water partition coefficient (Wildman–Crippen LogP) is -0.700. The standard InChI is InChI=1S/C12H20N4O2.ClH/c1-14(9-4-5-13-7-9)8-10-6-11(17)16(3)12(18)15(10)2;/h6,9,13H,4-5,7-8H2,1-3H3;1H. The number of hydrogen-bond donors (Lipinski definition) is 1. The number of rotatable bonds is 3. The van der Waals surface area contributed by atoms with Crippen LogP contribution in [0.5, 0.6) is 0 Å². The number of hydrogen-bond acceptors (Lipinski definition) is 4. The molecule has 1 fully saturated rings. The van der Waals surface area contributed by atoms with Gasteiger partial charge in [-0.1, -0.05) is 0 Å². The molecule has 0 bridgehead atoms. The molecular weight excluding hydrogens is 268 g/mol. The molecule has 1 N–H and O–H groups in total. The molecule has 0 saturated carbocycles.